The van der Waals surface area contributed by atoms with Crippen LogP contribution >= 0.6 is 0 Å². The zero-order valence-electron chi connectivity index (χ0n) is 14.0. The van der Waals surface area contributed by atoms with Crippen LogP contribution in [-0.4, -0.2) is 22.2 Å². The van der Waals surface area contributed by atoms with Crippen LogP contribution in [0.3, 0.4) is 0 Å². The summed E-state index contributed by atoms with van der Waals surface area (Å²) in [4.78, 5) is 12.9. The zero-order valence-corrected chi connectivity index (χ0v) is 14.0. The molecule has 124 valence electrons. The number of Topliss-reactive ketones (excluding diaryl/α,β-unsaturated/α-hetero) is 1. The summed E-state index contributed by atoms with van der Waals surface area (Å²) < 4.78 is 7.62. The van der Waals surface area contributed by atoms with E-state index in [0.29, 0.717) is 24.3 Å². The van der Waals surface area contributed by atoms with Crippen molar-refractivity contribution in [2.75, 3.05) is 6.61 Å². The number of hydrogen-bond donors (Lipinski definition) is 0. The van der Waals surface area contributed by atoms with Crippen molar-refractivity contribution in [3.8, 4) is 11.4 Å². The summed E-state index contributed by atoms with van der Waals surface area (Å²) in [6.45, 7) is 2.48. The molecule has 0 spiro atoms. The first-order valence-electron chi connectivity index (χ1n) is 8.30. The van der Waals surface area contributed by atoms with Crippen molar-refractivity contribution in [3.63, 3.8) is 0 Å². The molecule has 2 aromatic carbocycles. The molecule has 1 aliphatic heterocycles. The van der Waals surface area contributed by atoms with Gasteiger partial charge in [-0.25, -0.2) is 4.68 Å². The second kappa shape index (κ2) is 6.40. The first-order valence-corrected chi connectivity index (χ1v) is 8.30. The van der Waals surface area contributed by atoms with E-state index >= 15 is 0 Å². The van der Waals surface area contributed by atoms with Gasteiger partial charge in [0.1, 0.15) is 5.75 Å². The standard InChI is InChI=1S/C21H18N2O2/c1-15-4-2-5-19-20(24)17(10-13-25-21(15)19)14-16-6-8-18(9-7-16)23-12-3-11-22-23/h2-9,11-12,14H,10,13H2,1H3/b17-14-. The number of aromatic nitrogens is 2. The highest BCUT2D eigenvalue weighted by Gasteiger charge is 2.22. The lowest BCUT2D eigenvalue weighted by atomic mass is 9.98. The normalized spacial score (nSPS) is 15.6. The Morgan fingerprint density at radius 2 is 1.96 bits per heavy atom. The maximum absolute atomic E-state index is 12.9. The van der Waals surface area contributed by atoms with Gasteiger partial charge in [0.25, 0.3) is 0 Å². The summed E-state index contributed by atoms with van der Waals surface area (Å²) in [5.41, 5.74) is 4.41. The average Bonchev–Trinajstić information content (AvgIpc) is 3.11. The summed E-state index contributed by atoms with van der Waals surface area (Å²) in [6, 6.07) is 15.6. The third-order valence-corrected chi connectivity index (χ3v) is 4.37. The Morgan fingerprint density at radius 1 is 1.12 bits per heavy atom. The van der Waals surface area contributed by atoms with Crippen LogP contribution in [0.15, 0.2) is 66.5 Å². The van der Waals surface area contributed by atoms with Crippen LogP contribution in [0.25, 0.3) is 11.8 Å². The van der Waals surface area contributed by atoms with Gasteiger partial charge in [0, 0.05) is 24.4 Å². The van der Waals surface area contributed by atoms with E-state index in [1.165, 1.54) is 0 Å². The number of aryl methyl sites for hydroxylation is 1. The van der Waals surface area contributed by atoms with E-state index in [1.54, 1.807) is 10.9 Å². The van der Waals surface area contributed by atoms with Crippen LogP contribution in [0.5, 0.6) is 5.75 Å². The van der Waals surface area contributed by atoms with E-state index in [9.17, 15) is 4.79 Å². The maximum Gasteiger partial charge on any atom is 0.192 e. The van der Waals surface area contributed by atoms with Crippen molar-refractivity contribution in [2.45, 2.75) is 13.3 Å². The molecule has 0 saturated heterocycles. The highest BCUT2D eigenvalue weighted by molar-refractivity contribution is 6.13. The van der Waals surface area contributed by atoms with E-state index in [4.69, 9.17) is 4.74 Å². The number of carbonyl (C=O) groups is 1. The Morgan fingerprint density at radius 3 is 2.72 bits per heavy atom. The van der Waals surface area contributed by atoms with Gasteiger partial charge in [0.2, 0.25) is 0 Å². The van der Waals surface area contributed by atoms with Crippen LogP contribution in [-0.2, 0) is 0 Å². The molecule has 0 N–H and O–H groups in total. The highest BCUT2D eigenvalue weighted by atomic mass is 16.5. The number of rotatable bonds is 2. The van der Waals surface area contributed by atoms with E-state index in [-0.39, 0.29) is 5.78 Å². The van der Waals surface area contributed by atoms with Crippen LogP contribution < -0.4 is 4.74 Å². The number of nitrogens with zero attached hydrogens (tertiary/aromatic N) is 2. The third-order valence-electron chi connectivity index (χ3n) is 4.37. The number of benzene rings is 2. The molecule has 4 rings (SSSR count). The third kappa shape index (κ3) is 2.98. The fraction of sp³-hybridized carbons (Fsp3) is 0.143. The molecule has 2 heterocycles. The first-order chi connectivity index (χ1) is 12.2. The van der Waals surface area contributed by atoms with Gasteiger partial charge >= 0.3 is 0 Å². The molecular formula is C21H18N2O2. The second-order valence-electron chi connectivity index (χ2n) is 6.09. The van der Waals surface area contributed by atoms with Crippen molar-refractivity contribution in [1.82, 2.24) is 9.78 Å². The fourth-order valence-electron chi connectivity index (χ4n) is 3.06. The Hall–Kier alpha value is -3.14. The number of fused-ring (bicyclic) bond motifs is 1. The number of ether oxygens (including phenoxy) is 1. The van der Waals surface area contributed by atoms with Crippen molar-refractivity contribution >= 4 is 11.9 Å². The van der Waals surface area contributed by atoms with E-state index in [0.717, 1.165) is 22.4 Å². The van der Waals surface area contributed by atoms with Crippen molar-refractivity contribution in [3.05, 3.63) is 83.2 Å². The molecule has 25 heavy (non-hydrogen) atoms. The minimum Gasteiger partial charge on any atom is -0.492 e. The minimum absolute atomic E-state index is 0.0485. The summed E-state index contributed by atoms with van der Waals surface area (Å²) in [7, 11) is 0. The van der Waals surface area contributed by atoms with Crippen molar-refractivity contribution in [2.24, 2.45) is 0 Å². The Labute approximate surface area is 146 Å². The van der Waals surface area contributed by atoms with Crippen LogP contribution in [0, 0.1) is 6.92 Å². The summed E-state index contributed by atoms with van der Waals surface area (Å²) in [5, 5.41) is 4.22. The Bertz CT molecular complexity index is 939. The van der Waals surface area contributed by atoms with Gasteiger partial charge in [0.05, 0.1) is 17.9 Å². The molecule has 1 aromatic heterocycles. The topological polar surface area (TPSA) is 44.1 Å². The van der Waals surface area contributed by atoms with E-state index < -0.39 is 0 Å². The lowest BCUT2D eigenvalue weighted by Gasteiger charge is -2.08. The van der Waals surface area contributed by atoms with Crippen LogP contribution in [0.1, 0.15) is 27.9 Å². The van der Waals surface area contributed by atoms with Crippen LogP contribution in [0.4, 0.5) is 0 Å². The number of hydrogen-bond acceptors (Lipinski definition) is 3. The Balaban J connectivity index is 1.66. The second-order valence-corrected chi connectivity index (χ2v) is 6.09. The lowest BCUT2D eigenvalue weighted by molar-refractivity contribution is 0.103. The molecule has 4 heteroatoms. The highest BCUT2D eigenvalue weighted by Crippen LogP contribution is 2.30. The zero-order chi connectivity index (χ0) is 17.2. The number of para-hydroxylation sites is 1. The molecule has 0 atom stereocenters. The van der Waals surface area contributed by atoms with Crippen molar-refractivity contribution < 1.29 is 9.53 Å². The van der Waals surface area contributed by atoms with Gasteiger partial charge < -0.3 is 4.74 Å². The average molecular weight is 330 g/mol. The molecule has 0 aliphatic carbocycles. The van der Waals surface area contributed by atoms with Gasteiger partial charge in [-0.3, -0.25) is 4.79 Å². The quantitative estimate of drug-likeness (QED) is 0.661. The molecule has 0 fully saturated rings. The van der Waals surface area contributed by atoms with Crippen molar-refractivity contribution in [1.29, 1.82) is 0 Å². The monoisotopic (exact) mass is 330 g/mol. The number of carbonyl (C=O) groups excluding carboxylic acids is 1. The molecule has 0 amide bonds. The molecule has 0 radical (unpaired) electrons. The van der Waals surface area contributed by atoms with Gasteiger partial charge in [-0.1, -0.05) is 24.3 Å². The fourth-order valence-corrected chi connectivity index (χ4v) is 3.06. The first kappa shape index (κ1) is 15.4. The molecular weight excluding hydrogens is 312 g/mol. The summed E-state index contributed by atoms with van der Waals surface area (Å²) in [5.74, 6) is 0.761. The SMILES string of the molecule is Cc1cccc2c1OCC/C(=C/c1ccc(-n3cccn3)cc1)C2=O. The van der Waals surface area contributed by atoms with Gasteiger partial charge in [0.15, 0.2) is 5.78 Å². The van der Waals surface area contributed by atoms with Crippen LogP contribution in [0.2, 0.25) is 0 Å². The molecule has 3 aromatic rings. The maximum atomic E-state index is 12.9. The van der Waals surface area contributed by atoms with Gasteiger partial charge in [-0.2, -0.15) is 5.10 Å². The van der Waals surface area contributed by atoms with Gasteiger partial charge in [-0.15, -0.1) is 0 Å². The van der Waals surface area contributed by atoms with Gasteiger partial charge in [-0.05, 0) is 48.4 Å². The molecule has 1 aliphatic rings. The molecule has 4 nitrogen and oxygen atoms in total. The van der Waals surface area contributed by atoms with E-state index in [1.807, 2.05) is 67.7 Å². The predicted octanol–water partition coefficient (Wildman–Crippen LogP) is 4.23. The predicted molar refractivity (Wildman–Crippen MR) is 97.2 cm³/mol. The largest absolute Gasteiger partial charge is 0.492 e. The smallest absolute Gasteiger partial charge is 0.192 e. The minimum atomic E-state index is 0.0485. The summed E-state index contributed by atoms with van der Waals surface area (Å²) >= 11 is 0. The number of ketones is 1. The molecule has 0 unspecified atom stereocenters. The molecule has 0 bridgehead atoms. The lowest BCUT2D eigenvalue weighted by Crippen LogP contribution is -2.02. The Kier molecular flexibility index (Phi) is 3.94. The molecule has 0 saturated carbocycles. The van der Waals surface area contributed by atoms with E-state index in [2.05, 4.69) is 5.10 Å². The summed E-state index contributed by atoms with van der Waals surface area (Å²) in [6.07, 6.45) is 6.21.